The highest BCUT2D eigenvalue weighted by Gasteiger charge is 2.17. The summed E-state index contributed by atoms with van der Waals surface area (Å²) in [4.78, 5) is 8.52. The predicted octanol–water partition coefficient (Wildman–Crippen LogP) is 3.58. The van der Waals surface area contributed by atoms with Gasteiger partial charge in [-0.05, 0) is 67.5 Å². The zero-order valence-corrected chi connectivity index (χ0v) is 11.0. The molecule has 0 aliphatic carbocycles. The summed E-state index contributed by atoms with van der Waals surface area (Å²) in [5, 5.41) is 0. The number of aromatic nitrogens is 2. The number of hydrogen-bond donors (Lipinski definition) is 0. The molecule has 2 atom stereocenters. The van der Waals surface area contributed by atoms with E-state index in [9.17, 15) is 0 Å². The summed E-state index contributed by atoms with van der Waals surface area (Å²) >= 11 is 0. The molecule has 2 rings (SSSR count). The van der Waals surface area contributed by atoms with Crippen molar-refractivity contribution in [3.05, 3.63) is 66.6 Å². The molecule has 0 aromatic carbocycles. The quantitative estimate of drug-likeness (QED) is 0.815. The molecule has 2 aromatic heterocycles. The summed E-state index contributed by atoms with van der Waals surface area (Å²) in [7, 11) is 0. The van der Waals surface area contributed by atoms with Crippen LogP contribution in [0.25, 0.3) is 0 Å². The van der Waals surface area contributed by atoms with Crippen LogP contribution < -0.4 is 0 Å². The lowest BCUT2D eigenvalue weighted by atomic mass is 9.85. The topological polar surface area (TPSA) is 25.8 Å². The molecule has 18 heavy (non-hydrogen) atoms. The van der Waals surface area contributed by atoms with Gasteiger partial charge >= 0.3 is 0 Å². The van der Waals surface area contributed by atoms with Crippen molar-refractivity contribution in [3.8, 4) is 0 Å². The van der Waals surface area contributed by atoms with Gasteiger partial charge in [0.15, 0.2) is 0 Å². The molecule has 0 fully saturated rings. The van der Waals surface area contributed by atoms with Crippen LogP contribution in [0.1, 0.15) is 29.7 Å². The Balaban J connectivity index is 2.22. The van der Waals surface area contributed by atoms with Crippen LogP contribution in [0.3, 0.4) is 0 Å². The van der Waals surface area contributed by atoms with Gasteiger partial charge in [0, 0.05) is 24.3 Å². The van der Waals surface area contributed by atoms with Gasteiger partial charge in [-0.25, -0.2) is 0 Å². The maximum Gasteiger partial charge on any atom is 0.0412 e. The summed E-state index contributed by atoms with van der Waals surface area (Å²) in [6.07, 6.45) is 6.49. The fourth-order valence-corrected chi connectivity index (χ4v) is 2.19. The van der Waals surface area contributed by atoms with Crippen molar-refractivity contribution in [2.24, 2.45) is 5.92 Å². The Kier molecular flexibility index (Phi) is 4.08. The predicted molar refractivity (Wildman–Crippen MR) is 74.2 cm³/mol. The van der Waals surface area contributed by atoms with Crippen LogP contribution in [-0.2, 0) is 6.42 Å². The lowest BCUT2D eigenvalue weighted by Gasteiger charge is -2.20. The molecule has 1 radical (unpaired) electrons. The summed E-state index contributed by atoms with van der Waals surface area (Å²) in [5.74, 6) is 0.733. The standard InChI is InChI=1S/C16H19N2/c1-12(2)16(14-5-7-17-8-6-14)11-15-10-13(3)4-9-18-15/h4-10,12,16H,1,11H2,2-3H3. The van der Waals surface area contributed by atoms with Gasteiger partial charge in [0.05, 0.1) is 0 Å². The SMILES string of the molecule is [CH2]C(C)C(Cc1cc(C)ccn1)c1ccncc1. The highest BCUT2D eigenvalue weighted by molar-refractivity contribution is 5.22. The van der Waals surface area contributed by atoms with Gasteiger partial charge in [-0.15, -0.1) is 0 Å². The minimum atomic E-state index is 0.342. The van der Waals surface area contributed by atoms with E-state index in [-0.39, 0.29) is 0 Å². The van der Waals surface area contributed by atoms with Gasteiger partial charge in [0.1, 0.15) is 0 Å². The van der Waals surface area contributed by atoms with Crippen molar-refractivity contribution in [2.75, 3.05) is 0 Å². The lowest BCUT2D eigenvalue weighted by Crippen LogP contribution is -2.11. The van der Waals surface area contributed by atoms with Crippen molar-refractivity contribution in [2.45, 2.75) is 26.2 Å². The molecular formula is C16H19N2. The molecule has 2 heteroatoms. The second kappa shape index (κ2) is 5.76. The summed E-state index contributed by atoms with van der Waals surface area (Å²) in [6.45, 7) is 8.44. The maximum absolute atomic E-state index is 4.44. The second-order valence-electron chi connectivity index (χ2n) is 4.89. The molecule has 0 N–H and O–H groups in total. The van der Waals surface area contributed by atoms with Crippen molar-refractivity contribution in [1.82, 2.24) is 9.97 Å². The van der Waals surface area contributed by atoms with Gasteiger partial charge in [-0.1, -0.05) is 6.92 Å². The minimum absolute atomic E-state index is 0.342. The normalized spacial score (nSPS) is 12.7. The van der Waals surface area contributed by atoms with Crippen LogP contribution in [0.2, 0.25) is 0 Å². The zero-order chi connectivity index (χ0) is 13.0. The molecule has 2 nitrogen and oxygen atoms in total. The smallest absolute Gasteiger partial charge is 0.0412 e. The fourth-order valence-electron chi connectivity index (χ4n) is 2.19. The molecule has 93 valence electrons. The molecule has 0 saturated heterocycles. The first-order chi connectivity index (χ1) is 8.66. The molecule has 0 aliphatic rings. The van der Waals surface area contributed by atoms with E-state index >= 15 is 0 Å². The fraction of sp³-hybridized carbons (Fsp3) is 0.312. The van der Waals surface area contributed by atoms with Crippen LogP contribution in [0.15, 0.2) is 42.9 Å². The molecule has 2 heterocycles. The van der Waals surface area contributed by atoms with Crippen LogP contribution in [0.5, 0.6) is 0 Å². The number of rotatable bonds is 4. The van der Waals surface area contributed by atoms with Crippen molar-refractivity contribution < 1.29 is 0 Å². The average molecular weight is 239 g/mol. The van der Waals surface area contributed by atoms with E-state index in [1.807, 2.05) is 24.7 Å². The summed E-state index contributed by atoms with van der Waals surface area (Å²) in [5.41, 5.74) is 3.67. The van der Waals surface area contributed by atoms with Crippen LogP contribution in [0.4, 0.5) is 0 Å². The first-order valence-electron chi connectivity index (χ1n) is 6.31. The Morgan fingerprint density at radius 3 is 2.50 bits per heavy atom. The second-order valence-corrected chi connectivity index (χ2v) is 4.89. The molecule has 0 saturated carbocycles. The van der Waals surface area contributed by atoms with Crippen LogP contribution in [0, 0.1) is 19.8 Å². The summed E-state index contributed by atoms with van der Waals surface area (Å²) in [6, 6.07) is 8.32. The minimum Gasteiger partial charge on any atom is -0.265 e. The Hall–Kier alpha value is -1.70. The molecule has 0 amide bonds. The van der Waals surface area contributed by atoms with E-state index in [2.05, 4.69) is 48.9 Å². The zero-order valence-electron chi connectivity index (χ0n) is 11.0. The Bertz CT molecular complexity index is 491. The van der Waals surface area contributed by atoms with Crippen molar-refractivity contribution in [1.29, 1.82) is 0 Å². The van der Waals surface area contributed by atoms with Crippen molar-refractivity contribution >= 4 is 0 Å². The van der Waals surface area contributed by atoms with E-state index in [4.69, 9.17) is 0 Å². The third kappa shape index (κ3) is 3.16. The highest BCUT2D eigenvalue weighted by atomic mass is 14.7. The molecule has 0 spiro atoms. The molecule has 0 bridgehead atoms. The molecule has 0 aliphatic heterocycles. The van der Waals surface area contributed by atoms with E-state index < -0.39 is 0 Å². The summed E-state index contributed by atoms with van der Waals surface area (Å²) < 4.78 is 0. The van der Waals surface area contributed by atoms with Gasteiger partial charge < -0.3 is 0 Å². The van der Waals surface area contributed by atoms with Crippen LogP contribution in [-0.4, -0.2) is 9.97 Å². The molecule has 2 aromatic rings. The number of nitrogens with zero attached hydrogens (tertiary/aromatic N) is 2. The average Bonchev–Trinajstić information content (AvgIpc) is 2.37. The van der Waals surface area contributed by atoms with Crippen molar-refractivity contribution in [3.63, 3.8) is 0 Å². The van der Waals surface area contributed by atoms with Gasteiger partial charge in [0.25, 0.3) is 0 Å². The van der Waals surface area contributed by atoms with Gasteiger partial charge in [0.2, 0.25) is 0 Å². The van der Waals surface area contributed by atoms with Gasteiger partial charge in [-0.2, -0.15) is 0 Å². The maximum atomic E-state index is 4.44. The number of pyridine rings is 2. The first-order valence-corrected chi connectivity index (χ1v) is 6.31. The number of hydrogen-bond acceptors (Lipinski definition) is 2. The Morgan fingerprint density at radius 2 is 1.89 bits per heavy atom. The Morgan fingerprint density at radius 1 is 1.17 bits per heavy atom. The monoisotopic (exact) mass is 239 g/mol. The Labute approximate surface area is 109 Å². The largest absolute Gasteiger partial charge is 0.265 e. The van der Waals surface area contributed by atoms with Crippen LogP contribution >= 0.6 is 0 Å². The van der Waals surface area contributed by atoms with Gasteiger partial charge in [-0.3, -0.25) is 9.97 Å². The van der Waals surface area contributed by atoms with E-state index in [0.717, 1.165) is 12.1 Å². The number of aryl methyl sites for hydroxylation is 1. The third-order valence-corrected chi connectivity index (χ3v) is 3.22. The van der Waals surface area contributed by atoms with E-state index in [1.165, 1.54) is 11.1 Å². The first kappa shape index (κ1) is 12.7. The third-order valence-electron chi connectivity index (χ3n) is 3.22. The van der Waals surface area contributed by atoms with E-state index in [0.29, 0.717) is 11.8 Å². The lowest BCUT2D eigenvalue weighted by molar-refractivity contribution is 0.533. The molecular weight excluding hydrogens is 220 g/mol. The molecule has 2 unspecified atom stereocenters. The van der Waals surface area contributed by atoms with E-state index in [1.54, 1.807) is 0 Å². The highest BCUT2D eigenvalue weighted by Crippen LogP contribution is 2.27.